The number of nitriles is 1. The third-order valence-electron chi connectivity index (χ3n) is 4.08. The first kappa shape index (κ1) is 22.5. The predicted octanol–water partition coefficient (Wildman–Crippen LogP) is 2.08. The molecule has 1 aromatic rings. The topological polar surface area (TPSA) is 99.5 Å². The zero-order valence-electron chi connectivity index (χ0n) is 16.2. The number of hydrogen-bond acceptors (Lipinski definition) is 6. The van der Waals surface area contributed by atoms with Gasteiger partial charge in [0.05, 0.1) is 17.4 Å². The van der Waals surface area contributed by atoms with Crippen LogP contribution in [0.15, 0.2) is 29.2 Å². The van der Waals surface area contributed by atoms with E-state index in [9.17, 15) is 19.6 Å². The van der Waals surface area contributed by atoms with E-state index in [0.717, 1.165) is 0 Å². The van der Waals surface area contributed by atoms with E-state index in [2.05, 4.69) is 11.4 Å². The smallest absolute Gasteiger partial charge is 0.339 e. The van der Waals surface area contributed by atoms with E-state index in [-0.39, 0.29) is 23.1 Å². The summed E-state index contributed by atoms with van der Waals surface area (Å²) in [6.07, 6.45) is 0. The van der Waals surface area contributed by atoms with E-state index < -0.39 is 24.0 Å². The number of nitrogens with one attached hydrogen (secondary N) is 1. The molecule has 1 aromatic carbocycles. The Balaban J connectivity index is 2.72. The molecule has 0 aromatic heterocycles. The molecular formula is C19H25N3O4S. The number of thioether (sulfide) groups is 1. The van der Waals surface area contributed by atoms with Gasteiger partial charge in [0.15, 0.2) is 6.61 Å². The Hall–Kier alpha value is -2.53. The number of esters is 1. The van der Waals surface area contributed by atoms with Crippen LogP contribution in [0.3, 0.4) is 0 Å². The number of hydrogen-bond donors (Lipinski definition) is 1. The number of amides is 2. The molecule has 1 rings (SSSR count). The minimum Gasteiger partial charge on any atom is -0.452 e. The predicted molar refractivity (Wildman–Crippen MR) is 103 cm³/mol. The van der Waals surface area contributed by atoms with Crippen molar-refractivity contribution in [1.29, 1.82) is 5.26 Å². The summed E-state index contributed by atoms with van der Waals surface area (Å²) in [7, 11) is 3.32. The summed E-state index contributed by atoms with van der Waals surface area (Å²) in [4.78, 5) is 38.2. The Kier molecular flexibility index (Phi) is 8.32. The van der Waals surface area contributed by atoms with Crippen LogP contribution in [0.1, 0.15) is 31.1 Å². The summed E-state index contributed by atoms with van der Waals surface area (Å²) in [5.41, 5.74) is -0.752. The van der Waals surface area contributed by atoms with Gasteiger partial charge in [-0.25, -0.2) is 4.79 Å². The van der Waals surface area contributed by atoms with Crippen molar-refractivity contribution >= 4 is 29.5 Å². The van der Waals surface area contributed by atoms with Crippen LogP contribution in [0.5, 0.6) is 0 Å². The fraction of sp³-hybridized carbons (Fsp3) is 0.474. The minimum atomic E-state index is -1.04. The molecule has 146 valence electrons. The molecule has 8 heteroatoms. The third kappa shape index (κ3) is 6.61. The molecule has 0 unspecified atom stereocenters. The van der Waals surface area contributed by atoms with Gasteiger partial charge < -0.3 is 15.0 Å². The fourth-order valence-corrected chi connectivity index (χ4v) is 2.88. The Bertz CT molecular complexity index is 743. The highest BCUT2D eigenvalue weighted by Gasteiger charge is 2.30. The van der Waals surface area contributed by atoms with Gasteiger partial charge in [0.1, 0.15) is 5.54 Å². The second-order valence-corrected chi connectivity index (χ2v) is 7.68. The summed E-state index contributed by atoms with van der Waals surface area (Å²) >= 11 is 1.23. The van der Waals surface area contributed by atoms with Crippen LogP contribution in [0, 0.1) is 17.2 Å². The zero-order chi connectivity index (χ0) is 20.6. The lowest BCUT2D eigenvalue weighted by atomic mass is 9.90. The first-order valence-electron chi connectivity index (χ1n) is 8.42. The molecule has 0 aliphatic carbocycles. The van der Waals surface area contributed by atoms with Crippen LogP contribution in [0.4, 0.5) is 0 Å². The molecule has 0 radical (unpaired) electrons. The van der Waals surface area contributed by atoms with Gasteiger partial charge in [-0.05, 0) is 25.0 Å². The zero-order valence-corrected chi connectivity index (χ0v) is 17.1. The lowest BCUT2D eigenvalue weighted by Crippen LogP contribution is -2.50. The Labute approximate surface area is 164 Å². The van der Waals surface area contributed by atoms with Gasteiger partial charge in [-0.2, -0.15) is 5.26 Å². The molecule has 0 spiro atoms. The quantitative estimate of drug-likeness (QED) is 0.538. The molecular weight excluding hydrogens is 366 g/mol. The van der Waals surface area contributed by atoms with Crippen molar-refractivity contribution < 1.29 is 19.1 Å². The number of nitrogens with zero attached hydrogens (tertiary/aromatic N) is 2. The van der Waals surface area contributed by atoms with E-state index in [1.165, 1.54) is 16.7 Å². The maximum absolute atomic E-state index is 12.3. The van der Waals surface area contributed by atoms with Crippen LogP contribution in [-0.4, -0.2) is 54.7 Å². The minimum absolute atomic E-state index is 0.0768. The molecule has 0 aliphatic rings. The van der Waals surface area contributed by atoms with E-state index >= 15 is 0 Å². The van der Waals surface area contributed by atoms with E-state index in [1.807, 2.05) is 13.8 Å². The van der Waals surface area contributed by atoms with Crippen molar-refractivity contribution in [3.05, 3.63) is 29.8 Å². The van der Waals surface area contributed by atoms with Crippen LogP contribution in [-0.2, 0) is 14.3 Å². The van der Waals surface area contributed by atoms with Crippen molar-refractivity contribution in [2.45, 2.75) is 31.2 Å². The maximum atomic E-state index is 12.3. The van der Waals surface area contributed by atoms with Gasteiger partial charge in [0.2, 0.25) is 5.91 Å². The molecule has 7 nitrogen and oxygen atoms in total. The highest BCUT2D eigenvalue weighted by molar-refractivity contribution is 8.00. The second kappa shape index (κ2) is 9.97. The molecule has 27 heavy (non-hydrogen) atoms. The number of ether oxygens (including phenoxy) is 1. The summed E-state index contributed by atoms with van der Waals surface area (Å²) in [5.74, 6) is -1.20. The molecule has 0 saturated carbocycles. The molecule has 0 saturated heterocycles. The Morgan fingerprint density at radius 3 is 2.48 bits per heavy atom. The van der Waals surface area contributed by atoms with Crippen molar-refractivity contribution in [3.63, 3.8) is 0 Å². The largest absolute Gasteiger partial charge is 0.452 e. The van der Waals surface area contributed by atoms with Crippen LogP contribution >= 0.6 is 11.8 Å². The fourth-order valence-electron chi connectivity index (χ4n) is 1.87. The molecule has 0 heterocycles. The summed E-state index contributed by atoms with van der Waals surface area (Å²) in [5, 5.41) is 11.8. The first-order valence-corrected chi connectivity index (χ1v) is 9.40. The third-order valence-corrected chi connectivity index (χ3v) is 5.14. The Morgan fingerprint density at radius 1 is 1.30 bits per heavy atom. The Morgan fingerprint density at radius 2 is 1.93 bits per heavy atom. The maximum Gasteiger partial charge on any atom is 0.339 e. The molecule has 2 amide bonds. The highest BCUT2D eigenvalue weighted by atomic mass is 32.2. The average molecular weight is 391 g/mol. The van der Waals surface area contributed by atoms with Crippen molar-refractivity contribution in [2.75, 3.05) is 26.5 Å². The summed E-state index contributed by atoms with van der Waals surface area (Å²) < 4.78 is 5.09. The lowest BCUT2D eigenvalue weighted by molar-refractivity contribution is -0.126. The van der Waals surface area contributed by atoms with Crippen LogP contribution in [0.25, 0.3) is 0 Å². The van der Waals surface area contributed by atoms with E-state index in [0.29, 0.717) is 4.90 Å². The average Bonchev–Trinajstić information content (AvgIpc) is 2.63. The van der Waals surface area contributed by atoms with Crippen molar-refractivity contribution in [1.82, 2.24) is 10.2 Å². The van der Waals surface area contributed by atoms with Gasteiger partial charge in [-0.15, -0.1) is 11.8 Å². The van der Waals surface area contributed by atoms with E-state index in [4.69, 9.17) is 4.74 Å². The molecule has 0 bridgehead atoms. The molecule has 0 fully saturated rings. The summed E-state index contributed by atoms with van der Waals surface area (Å²) in [6.45, 7) is 4.76. The first-order chi connectivity index (χ1) is 12.6. The molecule has 1 atom stereocenters. The molecule has 0 aliphatic heterocycles. The van der Waals surface area contributed by atoms with Gasteiger partial charge in [0.25, 0.3) is 5.91 Å². The van der Waals surface area contributed by atoms with Gasteiger partial charge >= 0.3 is 5.97 Å². The number of rotatable bonds is 8. The van der Waals surface area contributed by atoms with Crippen molar-refractivity contribution in [3.8, 4) is 6.07 Å². The second-order valence-electron chi connectivity index (χ2n) is 6.67. The molecule has 1 N–H and O–H groups in total. The summed E-state index contributed by atoms with van der Waals surface area (Å²) in [6, 6.07) is 8.80. The van der Waals surface area contributed by atoms with Gasteiger partial charge in [0, 0.05) is 19.0 Å². The SMILES string of the molecule is CC(C)[C@@](C)(C#N)NC(=O)COC(=O)c1ccccc1SCC(=O)N(C)C. The number of carbonyl (C=O) groups is 3. The van der Waals surface area contributed by atoms with Crippen LogP contribution in [0.2, 0.25) is 0 Å². The number of carbonyl (C=O) groups excluding carboxylic acids is 3. The monoisotopic (exact) mass is 391 g/mol. The standard InChI is InChI=1S/C19H25N3O4S/c1-13(2)19(3,12-20)21-16(23)10-26-18(25)14-8-6-7-9-15(14)27-11-17(24)22(4)5/h6-9,13H,10-11H2,1-5H3,(H,21,23)/t19-/m1/s1. The number of benzene rings is 1. The van der Waals surface area contributed by atoms with Gasteiger partial charge in [-0.3, -0.25) is 9.59 Å². The van der Waals surface area contributed by atoms with Crippen LogP contribution < -0.4 is 5.32 Å². The normalized spacial score (nSPS) is 12.6. The van der Waals surface area contributed by atoms with Crippen molar-refractivity contribution in [2.24, 2.45) is 5.92 Å². The van der Waals surface area contributed by atoms with E-state index in [1.54, 1.807) is 45.3 Å². The van der Waals surface area contributed by atoms with Gasteiger partial charge in [-0.1, -0.05) is 26.0 Å². The lowest BCUT2D eigenvalue weighted by Gasteiger charge is -2.27. The highest BCUT2D eigenvalue weighted by Crippen LogP contribution is 2.23.